The summed E-state index contributed by atoms with van der Waals surface area (Å²) in [4.78, 5) is 10.2. The Kier molecular flexibility index (Phi) is 4.13. The lowest BCUT2D eigenvalue weighted by Gasteiger charge is -2.06. The molecule has 0 aliphatic carbocycles. The molecular weight excluding hydrogens is 234 g/mol. The minimum absolute atomic E-state index is 0.0225. The van der Waals surface area contributed by atoms with Crippen molar-refractivity contribution in [3.63, 3.8) is 0 Å². The molecule has 0 spiro atoms. The minimum Gasteiger partial charge on any atom is -0.496 e. The number of halogens is 1. The third-order valence-corrected chi connectivity index (χ3v) is 1.86. The molecule has 16 heavy (non-hydrogen) atoms. The van der Waals surface area contributed by atoms with Gasteiger partial charge in [0.05, 0.1) is 18.1 Å². The van der Waals surface area contributed by atoms with Gasteiger partial charge in [-0.1, -0.05) is 18.2 Å². The number of nitro groups is 1. The average molecular weight is 244 g/mol. The molecule has 0 radical (unpaired) electrons. The van der Waals surface area contributed by atoms with Crippen molar-refractivity contribution in [2.45, 2.75) is 0 Å². The molecule has 0 atom stereocenters. The molecule has 1 aromatic rings. The molecule has 0 aromatic heterocycles. The van der Waals surface area contributed by atoms with Crippen molar-refractivity contribution < 1.29 is 14.4 Å². The standard InChI is InChI=1S/C10H10ClNO4/c1-7(11)6-16-10-4-3-8(15-2)5-9(10)12(13)14/h3-5H,1,6H2,2H3. The van der Waals surface area contributed by atoms with Crippen LogP contribution in [0.15, 0.2) is 29.8 Å². The summed E-state index contributed by atoms with van der Waals surface area (Å²) in [7, 11) is 1.43. The first-order valence-electron chi connectivity index (χ1n) is 4.33. The molecule has 1 rings (SSSR count). The molecule has 0 unspecified atom stereocenters. The Morgan fingerprint density at radius 2 is 2.31 bits per heavy atom. The second kappa shape index (κ2) is 5.37. The van der Waals surface area contributed by atoms with Gasteiger partial charge < -0.3 is 9.47 Å². The maximum absolute atomic E-state index is 10.7. The highest BCUT2D eigenvalue weighted by Gasteiger charge is 2.16. The summed E-state index contributed by atoms with van der Waals surface area (Å²) < 4.78 is 10.0. The van der Waals surface area contributed by atoms with Gasteiger partial charge >= 0.3 is 5.69 Å². The molecule has 86 valence electrons. The molecule has 0 bridgehead atoms. The number of hydrogen-bond donors (Lipinski definition) is 0. The van der Waals surface area contributed by atoms with Gasteiger partial charge in [-0.05, 0) is 12.1 Å². The number of benzene rings is 1. The van der Waals surface area contributed by atoms with E-state index in [1.54, 1.807) is 6.07 Å². The molecule has 0 saturated carbocycles. The monoisotopic (exact) mass is 243 g/mol. The normalized spacial score (nSPS) is 9.62. The maximum atomic E-state index is 10.7. The van der Waals surface area contributed by atoms with Gasteiger partial charge in [0.2, 0.25) is 0 Å². The topological polar surface area (TPSA) is 61.6 Å². The van der Waals surface area contributed by atoms with Crippen LogP contribution in [0.2, 0.25) is 0 Å². The van der Waals surface area contributed by atoms with Crippen LogP contribution < -0.4 is 9.47 Å². The van der Waals surface area contributed by atoms with Crippen LogP contribution in [0, 0.1) is 10.1 Å². The Morgan fingerprint density at radius 1 is 1.62 bits per heavy atom. The Balaban J connectivity index is 2.98. The zero-order valence-electron chi connectivity index (χ0n) is 8.60. The van der Waals surface area contributed by atoms with Crippen molar-refractivity contribution in [3.8, 4) is 11.5 Å². The molecule has 6 heteroatoms. The highest BCUT2D eigenvalue weighted by molar-refractivity contribution is 6.29. The zero-order valence-corrected chi connectivity index (χ0v) is 9.36. The van der Waals surface area contributed by atoms with Crippen LogP contribution in [0.4, 0.5) is 5.69 Å². The maximum Gasteiger partial charge on any atom is 0.314 e. The van der Waals surface area contributed by atoms with Crippen molar-refractivity contribution in [1.29, 1.82) is 0 Å². The lowest BCUT2D eigenvalue weighted by Crippen LogP contribution is -2.00. The molecule has 0 aliphatic heterocycles. The number of nitrogens with zero attached hydrogens (tertiary/aromatic N) is 1. The summed E-state index contributed by atoms with van der Waals surface area (Å²) in [6, 6.07) is 4.31. The molecule has 1 aromatic carbocycles. The molecule has 0 saturated heterocycles. The number of rotatable bonds is 5. The average Bonchev–Trinajstić information content (AvgIpc) is 2.25. The van der Waals surface area contributed by atoms with E-state index in [0.717, 1.165) is 0 Å². The van der Waals surface area contributed by atoms with Gasteiger partial charge in [0.15, 0.2) is 5.75 Å². The molecule has 0 N–H and O–H groups in total. The van der Waals surface area contributed by atoms with E-state index in [9.17, 15) is 10.1 Å². The second-order valence-electron chi connectivity index (χ2n) is 2.90. The Bertz CT molecular complexity index is 419. The van der Waals surface area contributed by atoms with Gasteiger partial charge in [-0.3, -0.25) is 10.1 Å². The van der Waals surface area contributed by atoms with E-state index in [-0.39, 0.29) is 23.1 Å². The van der Waals surface area contributed by atoms with Crippen molar-refractivity contribution in [3.05, 3.63) is 39.9 Å². The van der Waals surface area contributed by atoms with Crippen LogP contribution in [-0.4, -0.2) is 18.6 Å². The fraction of sp³-hybridized carbons (Fsp3) is 0.200. The predicted molar refractivity (Wildman–Crippen MR) is 60.1 cm³/mol. The lowest BCUT2D eigenvalue weighted by atomic mass is 10.3. The number of ether oxygens (including phenoxy) is 2. The lowest BCUT2D eigenvalue weighted by molar-refractivity contribution is -0.385. The second-order valence-corrected chi connectivity index (χ2v) is 3.43. The van der Waals surface area contributed by atoms with Crippen LogP contribution in [0.1, 0.15) is 0 Å². The van der Waals surface area contributed by atoms with Gasteiger partial charge in [0, 0.05) is 5.03 Å². The predicted octanol–water partition coefficient (Wildman–Crippen LogP) is 2.73. The summed E-state index contributed by atoms with van der Waals surface area (Å²) in [6.07, 6.45) is 0. The van der Waals surface area contributed by atoms with Gasteiger partial charge in [-0.2, -0.15) is 0 Å². The molecule has 5 nitrogen and oxygen atoms in total. The summed E-state index contributed by atoms with van der Waals surface area (Å²) in [5.41, 5.74) is -0.169. The number of nitro benzene ring substituents is 1. The number of methoxy groups -OCH3 is 1. The highest BCUT2D eigenvalue weighted by Crippen LogP contribution is 2.31. The fourth-order valence-corrected chi connectivity index (χ4v) is 1.10. The van der Waals surface area contributed by atoms with Crippen molar-refractivity contribution in [2.24, 2.45) is 0 Å². The Morgan fingerprint density at radius 3 is 2.81 bits per heavy atom. The summed E-state index contributed by atoms with van der Waals surface area (Å²) in [6.45, 7) is 3.45. The summed E-state index contributed by atoms with van der Waals surface area (Å²) in [5, 5.41) is 11.0. The van der Waals surface area contributed by atoms with E-state index < -0.39 is 4.92 Å². The quantitative estimate of drug-likeness (QED) is 0.589. The van der Waals surface area contributed by atoms with Crippen molar-refractivity contribution in [1.82, 2.24) is 0 Å². The van der Waals surface area contributed by atoms with Gasteiger partial charge in [-0.25, -0.2) is 0 Å². The first-order chi connectivity index (χ1) is 7.54. The van der Waals surface area contributed by atoms with E-state index in [2.05, 4.69) is 6.58 Å². The van der Waals surface area contributed by atoms with E-state index in [0.29, 0.717) is 5.75 Å². The minimum atomic E-state index is -0.547. The Hall–Kier alpha value is -1.75. The van der Waals surface area contributed by atoms with Crippen molar-refractivity contribution in [2.75, 3.05) is 13.7 Å². The summed E-state index contributed by atoms with van der Waals surface area (Å²) >= 11 is 5.50. The van der Waals surface area contributed by atoms with E-state index >= 15 is 0 Å². The third kappa shape index (κ3) is 3.13. The van der Waals surface area contributed by atoms with Crippen molar-refractivity contribution >= 4 is 17.3 Å². The number of hydrogen-bond acceptors (Lipinski definition) is 4. The van der Waals surface area contributed by atoms with Gasteiger partial charge in [0.1, 0.15) is 12.4 Å². The van der Waals surface area contributed by atoms with Crippen LogP contribution in [0.5, 0.6) is 11.5 Å². The largest absolute Gasteiger partial charge is 0.496 e. The highest BCUT2D eigenvalue weighted by atomic mass is 35.5. The molecule has 0 heterocycles. The van der Waals surface area contributed by atoms with Gasteiger partial charge in [-0.15, -0.1) is 0 Å². The first-order valence-corrected chi connectivity index (χ1v) is 4.71. The Labute approximate surface area is 97.4 Å². The zero-order chi connectivity index (χ0) is 12.1. The van der Waals surface area contributed by atoms with Crippen LogP contribution in [-0.2, 0) is 0 Å². The molecule has 0 fully saturated rings. The summed E-state index contributed by atoms with van der Waals surface area (Å²) in [5.74, 6) is 0.524. The van der Waals surface area contributed by atoms with Crippen LogP contribution >= 0.6 is 11.6 Å². The first kappa shape index (κ1) is 12.3. The van der Waals surface area contributed by atoms with E-state index in [1.807, 2.05) is 0 Å². The molecule has 0 aliphatic rings. The van der Waals surface area contributed by atoms with Crippen LogP contribution in [0.25, 0.3) is 0 Å². The van der Waals surface area contributed by atoms with Crippen LogP contribution in [0.3, 0.4) is 0 Å². The van der Waals surface area contributed by atoms with Gasteiger partial charge in [0.25, 0.3) is 0 Å². The fourth-order valence-electron chi connectivity index (χ4n) is 1.04. The third-order valence-electron chi connectivity index (χ3n) is 1.75. The smallest absolute Gasteiger partial charge is 0.314 e. The molecular formula is C10H10ClNO4. The van der Waals surface area contributed by atoms with E-state index in [4.69, 9.17) is 21.1 Å². The van der Waals surface area contributed by atoms with E-state index in [1.165, 1.54) is 19.2 Å². The molecule has 0 amide bonds. The SMILES string of the molecule is C=C(Cl)COc1ccc(OC)cc1[N+](=O)[O-].